The van der Waals surface area contributed by atoms with Crippen molar-refractivity contribution in [3.05, 3.63) is 40.4 Å². The predicted octanol–water partition coefficient (Wildman–Crippen LogP) is 2.68. The number of anilines is 1. The fourth-order valence-corrected chi connectivity index (χ4v) is 2.29. The molecular weight excluding hydrogens is 328 g/mol. The van der Waals surface area contributed by atoms with Crippen LogP contribution in [0.25, 0.3) is 0 Å². The first-order valence-electron chi connectivity index (χ1n) is 6.57. The second-order valence-electron chi connectivity index (χ2n) is 4.29. The van der Waals surface area contributed by atoms with Gasteiger partial charge in [-0.05, 0) is 19.1 Å². The molecule has 1 heterocycles. The molecule has 0 amide bonds. The molecule has 9 heteroatoms. The minimum Gasteiger partial charge on any atom is -0.507 e. The molecule has 0 saturated carbocycles. The molecule has 0 bridgehead atoms. The average molecular weight is 341 g/mol. The average Bonchev–Trinajstić information content (AvgIpc) is 2.94. The summed E-state index contributed by atoms with van der Waals surface area (Å²) in [6.45, 7) is 2.00. The van der Waals surface area contributed by atoms with Crippen LogP contribution in [-0.2, 0) is 16.0 Å². The van der Waals surface area contributed by atoms with E-state index in [9.17, 15) is 18.7 Å². The van der Waals surface area contributed by atoms with Gasteiger partial charge in [-0.2, -0.15) is 5.10 Å². The molecule has 2 aromatic rings. The predicted molar refractivity (Wildman–Crippen MR) is 81.7 cm³/mol. The summed E-state index contributed by atoms with van der Waals surface area (Å²) in [4.78, 5) is 15.4. The zero-order chi connectivity index (χ0) is 16.8. The van der Waals surface area contributed by atoms with E-state index in [1.54, 1.807) is 12.3 Å². The third-order valence-electron chi connectivity index (χ3n) is 2.65. The first kappa shape index (κ1) is 16.8. The number of ether oxygens (including phenoxy) is 1. The number of thiazole rings is 1. The van der Waals surface area contributed by atoms with Crippen LogP contribution < -0.4 is 5.43 Å². The second kappa shape index (κ2) is 7.63. The van der Waals surface area contributed by atoms with Crippen LogP contribution in [0.2, 0.25) is 0 Å². The number of carbonyl (C=O) groups is 1. The van der Waals surface area contributed by atoms with Crippen molar-refractivity contribution < 1.29 is 23.4 Å². The van der Waals surface area contributed by atoms with Crippen LogP contribution in [0, 0.1) is 11.6 Å². The quantitative estimate of drug-likeness (QED) is 0.479. The molecule has 0 spiro atoms. The molecule has 0 fully saturated rings. The Balaban J connectivity index is 2.00. The number of hydrazone groups is 1. The number of hydrogen-bond donors (Lipinski definition) is 2. The number of benzene rings is 1. The Hall–Kier alpha value is -2.55. The summed E-state index contributed by atoms with van der Waals surface area (Å²) in [6, 6.07) is 1.85. The van der Waals surface area contributed by atoms with Gasteiger partial charge in [0.05, 0.1) is 30.5 Å². The highest BCUT2D eigenvalue weighted by atomic mass is 32.1. The topological polar surface area (TPSA) is 83.8 Å². The molecule has 6 nitrogen and oxygen atoms in total. The van der Waals surface area contributed by atoms with Crippen LogP contribution in [-0.4, -0.2) is 28.9 Å². The van der Waals surface area contributed by atoms with Crippen LogP contribution in [0.15, 0.2) is 22.6 Å². The Morgan fingerprint density at radius 1 is 1.52 bits per heavy atom. The molecule has 122 valence electrons. The highest BCUT2D eigenvalue weighted by molar-refractivity contribution is 7.13. The maximum atomic E-state index is 13.5. The summed E-state index contributed by atoms with van der Waals surface area (Å²) >= 11 is 1.18. The first-order valence-corrected chi connectivity index (χ1v) is 7.45. The van der Waals surface area contributed by atoms with Gasteiger partial charge in [-0.25, -0.2) is 13.8 Å². The van der Waals surface area contributed by atoms with Crippen LogP contribution in [0.4, 0.5) is 13.9 Å². The maximum absolute atomic E-state index is 13.5. The summed E-state index contributed by atoms with van der Waals surface area (Å²) in [7, 11) is 0. The molecule has 0 radical (unpaired) electrons. The van der Waals surface area contributed by atoms with Crippen molar-refractivity contribution in [1.82, 2.24) is 4.98 Å². The van der Waals surface area contributed by atoms with Gasteiger partial charge in [0.2, 0.25) is 5.13 Å². The fraction of sp³-hybridized carbons (Fsp3) is 0.214. The molecule has 1 aromatic carbocycles. The molecule has 0 unspecified atom stereocenters. The minimum atomic E-state index is -1.20. The lowest BCUT2D eigenvalue weighted by Gasteiger charge is -2.01. The fourth-order valence-electron chi connectivity index (χ4n) is 1.63. The van der Waals surface area contributed by atoms with Crippen molar-refractivity contribution >= 4 is 28.7 Å². The smallest absolute Gasteiger partial charge is 0.311 e. The van der Waals surface area contributed by atoms with E-state index in [2.05, 4.69) is 15.5 Å². The van der Waals surface area contributed by atoms with Crippen LogP contribution in [0.5, 0.6) is 5.75 Å². The van der Waals surface area contributed by atoms with E-state index in [0.29, 0.717) is 17.4 Å². The molecule has 2 rings (SSSR count). The molecule has 23 heavy (non-hydrogen) atoms. The second-order valence-corrected chi connectivity index (χ2v) is 5.15. The van der Waals surface area contributed by atoms with Gasteiger partial charge in [-0.15, -0.1) is 11.3 Å². The number of phenols is 1. The Labute approximate surface area is 134 Å². The molecule has 0 atom stereocenters. The van der Waals surface area contributed by atoms with E-state index >= 15 is 0 Å². The lowest BCUT2D eigenvalue weighted by molar-refractivity contribution is -0.142. The van der Waals surface area contributed by atoms with Crippen molar-refractivity contribution in [3.63, 3.8) is 0 Å². The van der Waals surface area contributed by atoms with E-state index in [1.165, 1.54) is 11.3 Å². The zero-order valence-corrected chi connectivity index (χ0v) is 12.9. The summed E-state index contributed by atoms with van der Waals surface area (Å²) < 4.78 is 31.4. The summed E-state index contributed by atoms with van der Waals surface area (Å²) in [5.74, 6) is -3.11. The number of halogens is 2. The highest BCUT2D eigenvalue weighted by Gasteiger charge is 2.11. The van der Waals surface area contributed by atoms with E-state index < -0.39 is 17.4 Å². The number of carbonyl (C=O) groups excluding carboxylic acids is 1. The molecule has 2 N–H and O–H groups in total. The Morgan fingerprint density at radius 2 is 2.30 bits per heavy atom. The van der Waals surface area contributed by atoms with Crippen LogP contribution in [0.1, 0.15) is 18.2 Å². The Kier molecular flexibility index (Phi) is 5.58. The number of hydrogen-bond acceptors (Lipinski definition) is 7. The van der Waals surface area contributed by atoms with Crippen molar-refractivity contribution in [2.75, 3.05) is 12.0 Å². The lowest BCUT2D eigenvalue weighted by atomic mass is 10.2. The van der Waals surface area contributed by atoms with Gasteiger partial charge in [0, 0.05) is 5.38 Å². The van der Waals surface area contributed by atoms with E-state index in [0.717, 1.165) is 18.3 Å². The Bertz CT molecular complexity index is 734. The van der Waals surface area contributed by atoms with Gasteiger partial charge < -0.3 is 9.84 Å². The molecule has 0 aliphatic carbocycles. The number of aromatic nitrogens is 1. The summed E-state index contributed by atoms with van der Waals surface area (Å²) in [5.41, 5.74) is 2.65. The van der Waals surface area contributed by atoms with Crippen LogP contribution >= 0.6 is 11.3 Å². The molecular formula is C14H13F2N3O3S. The minimum absolute atomic E-state index is 0.0368. The van der Waals surface area contributed by atoms with Crippen molar-refractivity contribution in [2.24, 2.45) is 5.10 Å². The van der Waals surface area contributed by atoms with Crippen molar-refractivity contribution in [1.29, 1.82) is 0 Å². The SMILES string of the molecule is CCOC(=O)Cc1csc(NN=Cc2c(O)ccc(F)c2F)n1. The summed E-state index contributed by atoms with van der Waals surface area (Å²) in [6.07, 6.45) is 0.981. The van der Waals surface area contributed by atoms with Crippen molar-refractivity contribution in [2.45, 2.75) is 13.3 Å². The number of nitrogens with one attached hydrogen (secondary N) is 1. The van der Waals surface area contributed by atoms with Gasteiger partial charge >= 0.3 is 5.97 Å². The number of phenolic OH excluding ortho intramolecular Hbond substituents is 1. The molecule has 0 aliphatic rings. The largest absolute Gasteiger partial charge is 0.507 e. The van der Waals surface area contributed by atoms with E-state index in [-0.39, 0.29) is 18.0 Å². The number of rotatable bonds is 6. The maximum Gasteiger partial charge on any atom is 0.311 e. The van der Waals surface area contributed by atoms with Gasteiger partial charge in [0.15, 0.2) is 11.6 Å². The van der Waals surface area contributed by atoms with Gasteiger partial charge in [0.1, 0.15) is 5.75 Å². The third-order valence-corrected chi connectivity index (χ3v) is 3.44. The van der Waals surface area contributed by atoms with Gasteiger partial charge in [-0.1, -0.05) is 0 Å². The highest BCUT2D eigenvalue weighted by Crippen LogP contribution is 2.21. The third kappa shape index (κ3) is 4.46. The van der Waals surface area contributed by atoms with Crippen LogP contribution in [0.3, 0.4) is 0 Å². The lowest BCUT2D eigenvalue weighted by Crippen LogP contribution is -2.07. The zero-order valence-electron chi connectivity index (χ0n) is 12.0. The van der Waals surface area contributed by atoms with E-state index in [4.69, 9.17) is 4.74 Å². The Morgan fingerprint density at radius 3 is 3.04 bits per heavy atom. The number of nitrogens with zero attached hydrogens (tertiary/aromatic N) is 2. The molecule has 1 aromatic heterocycles. The standard InChI is InChI=1S/C14H13F2N3O3S/c1-2-22-12(21)5-8-7-23-14(18-8)19-17-6-9-11(20)4-3-10(15)13(9)16/h3-4,6-7,20H,2,5H2,1H3,(H,18,19). The number of esters is 1. The first-order chi connectivity index (χ1) is 11.0. The monoisotopic (exact) mass is 341 g/mol. The molecule has 0 aliphatic heterocycles. The normalized spacial score (nSPS) is 10.9. The molecule has 0 saturated heterocycles. The van der Waals surface area contributed by atoms with E-state index in [1.807, 2.05) is 0 Å². The van der Waals surface area contributed by atoms with Crippen molar-refractivity contribution in [3.8, 4) is 5.75 Å². The van der Waals surface area contributed by atoms with Gasteiger partial charge in [0.25, 0.3) is 0 Å². The number of aromatic hydroxyl groups is 1. The summed E-state index contributed by atoms with van der Waals surface area (Å²) in [5, 5.41) is 15.2. The van der Waals surface area contributed by atoms with Gasteiger partial charge in [-0.3, -0.25) is 10.2 Å².